The minimum atomic E-state index is -4.45. The Morgan fingerprint density at radius 1 is 0.875 bits per heavy atom. The van der Waals surface area contributed by atoms with E-state index in [1.165, 1.54) is 49.5 Å². The second kappa shape index (κ2) is 16.5. The van der Waals surface area contributed by atoms with Crippen molar-refractivity contribution < 1.29 is 31.9 Å². The molecule has 0 unspecified atom stereocenters. The second-order valence-corrected chi connectivity index (χ2v) is 13.5. The molecule has 0 aliphatic carbocycles. The minimum Gasteiger partial charge on any atom is -0.493 e. The Labute approximate surface area is 286 Å². The molecule has 12 heteroatoms. The van der Waals surface area contributed by atoms with Crippen LogP contribution in [0.4, 0.5) is 10.1 Å². The van der Waals surface area contributed by atoms with Gasteiger partial charge in [-0.3, -0.25) is 13.9 Å². The Hall–Kier alpha value is -4.61. The first-order valence-corrected chi connectivity index (χ1v) is 17.2. The maximum Gasteiger partial charge on any atom is 0.264 e. The van der Waals surface area contributed by atoms with Crippen LogP contribution in [0.2, 0.25) is 5.02 Å². The number of ether oxygens (including phenoxy) is 2. The molecular weight excluding hydrogens is 657 g/mol. The molecule has 0 radical (unpaired) electrons. The fourth-order valence-corrected chi connectivity index (χ4v) is 6.71. The number of hydrogen-bond donors (Lipinski definition) is 1. The summed E-state index contributed by atoms with van der Waals surface area (Å²) in [6.45, 7) is 3.06. The Balaban J connectivity index is 1.83. The quantitative estimate of drug-likeness (QED) is 0.158. The highest BCUT2D eigenvalue weighted by molar-refractivity contribution is 7.92. The summed E-state index contributed by atoms with van der Waals surface area (Å²) in [7, 11) is -1.65. The third-order valence-corrected chi connectivity index (χ3v) is 9.86. The van der Waals surface area contributed by atoms with Crippen molar-refractivity contribution in [1.82, 2.24) is 10.2 Å². The molecule has 0 aromatic heterocycles. The van der Waals surface area contributed by atoms with Crippen molar-refractivity contribution in [2.75, 3.05) is 25.1 Å². The first-order valence-electron chi connectivity index (χ1n) is 15.3. The number of nitrogens with one attached hydrogen (secondary N) is 1. The van der Waals surface area contributed by atoms with Gasteiger partial charge in [-0.25, -0.2) is 12.8 Å². The summed E-state index contributed by atoms with van der Waals surface area (Å²) >= 11 is 6.30. The van der Waals surface area contributed by atoms with Gasteiger partial charge >= 0.3 is 0 Å². The van der Waals surface area contributed by atoms with Crippen molar-refractivity contribution in [3.63, 3.8) is 0 Å². The van der Waals surface area contributed by atoms with Crippen LogP contribution in [-0.4, -0.2) is 58.0 Å². The maximum absolute atomic E-state index is 14.6. The Morgan fingerprint density at radius 3 is 2.17 bits per heavy atom. The molecule has 48 heavy (non-hydrogen) atoms. The van der Waals surface area contributed by atoms with E-state index in [0.29, 0.717) is 22.8 Å². The van der Waals surface area contributed by atoms with E-state index in [-0.39, 0.29) is 41.2 Å². The fourth-order valence-electron chi connectivity index (χ4n) is 5.07. The molecule has 4 aromatic carbocycles. The van der Waals surface area contributed by atoms with Gasteiger partial charge in [0.25, 0.3) is 10.0 Å². The van der Waals surface area contributed by atoms with E-state index in [0.717, 1.165) is 22.0 Å². The van der Waals surface area contributed by atoms with Crippen LogP contribution < -0.4 is 19.1 Å². The molecule has 1 N–H and O–H groups in total. The Bertz CT molecular complexity index is 1810. The molecule has 4 aromatic rings. The van der Waals surface area contributed by atoms with Crippen LogP contribution in [0, 0.1) is 5.82 Å². The largest absolute Gasteiger partial charge is 0.493 e. The van der Waals surface area contributed by atoms with Crippen LogP contribution >= 0.6 is 11.6 Å². The number of carbonyl (C=O) groups is 2. The molecule has 0 saturated carbocycles. The number of amides is 2. The predicted molar refractivity (Wildman–Crippen MR) is 184 cm³/mol. The molecule has 2 atom stereocenters. The smallest absolute Gasteiger partial charge is 0.264 e. The first-order chi connectivity index (χ1) is 23.0. The molecule has 0 spiro atoms. The normalized spacial score (nSPS) is 12.5. The summed E-state index contributed by atoms with van der Waals surface area (Å²) in [5.41, 5.74) is 1.49. The number of carbonyl (C=O) groups excluding carboxylic acids is 2. The van der Waals surface area contributed by atoms with Crippen molar-refractivity contribution in [2.45, 2.75) is 50.2 Å². The molecule has 4 rings (SSSR count). The van der Waals surface area contributed by atoms with E-state index >= 15 is 0 Å². The Kier molecular flexibility index (Phi) is 12.4. The first kappa shape index (κ1) is 36.2. The number of sulfonamides is 1. The van der Waals surface area contributed by atoms with Gasteiger partial charge in [0.2, 0.25) is 11.8 Å². The molecule has 2 amide bonds. The van der Waals surface area contributed by atoms with Crippen LogP contribution in [0.3, 0.4) is 0 Å². The lowest BCUT2D eigenvalue weighted by Gasteiger charge is -2.34. The monoisotopic (exact) mass is 695 g/mol. The zero-order valence-corrected chi connectivity index (χ0v) is 28.8. The summed E-state index contributed by atoms with van der Waals surface area (Å²) < 4.78 is 54.1. The summed E-state index contributed by atoms with van der Waals surface area (Å²) in [4.78, 5) is 29.7. The molecule has 0 heterocycles. The van der Waals surface area contributed by atoms with Gasteiger partial charge in [0.1, 0.15) is 18.4 Å². The molecule has 0 saturated heterocycles. The number of rotatable bonds is 15. The number of benzene rings is 4. The molecular formula is C36H39ClFN3O6S. The van der Waals surface area contributed by atoms with Gasteiger partial charge < -0.3 is 19.7 Å². The number of nitrogens with zero attached hydrogens (tertiary/aromatic N) is 2. The molecule has 0 fully saturated rings. The topological polar surface area (TPSA) is 105 Å². The van der Waals surface area contributed by atoms with Crippen LogP contribution in [0.15, 0.2) is 102 Å². The number of halogens is 2. The van der Waals surface area contributed by atoms with Crippen molar-refractivity contribution >= 4 is 39.1 Å². The minimum absolute atomic E-state index is 0.0432. The summed E-state index contributed by atoms with van der Waals surface area (Å²) in [6.07, 6.45) is 0.822. The lowest BCUT2D eigenvalue weighted by molar-refractivity contribution is -0.140. The summed E-state index contributed by atoms with van der Waals surface area (Å²) in [6, 6.07) is 23.8. The van der Waals surface area contributed by atoms with Crippen LogP contribution in [0.5, 0.6) is 11.5 Å². The highest BCUT2D eigenvalue weighted by atomic mass is 35.5. The lowest BCUT2D eigenvalue weighted by Crippen LogP contribution is -2.54. The zero-order chi connectivity index (χ0) is 34.8. The van der Waals surface area contributed by atoms with Gasteiger partial charge in [0.15, 0.2) is 11.5 Å². The highest BCUT2D eigenvalue weighted by Crippen LogP contribution is 2.32. The molecule has 0 bridgehead atoms. The van der Waals surface area contributed by atoms with Crippen molar-refractivity contribution in [2.24, 2.45) is 0 Å². The van der Waals surface area contributed by atoms with Gasteiger partial charge in [-0.2, -0.15) is 0 Å². The second-order valence-electron chi connectivity index (χ2n) is 11.2. The molecule has 254 valence electrons. The standard InChI is InChI=1S/C36H39ClFN3O6S/c1-5-25(2)39-36(43)32(21-26-10-7-6-8-11-26)40(23-27-12-9-13-28(37)20-27)35(42)24-41(30-16-14-29(38)15-17-30)48(44,45)31-18-19-33(46-3)34(22-31)47-4/h6-20,22,25,32H,5,21,23-24H2,1-4H3,(H,39,43)/t25-,32+/m0/s1. The third-order valence-electron chi connectivity index (χ3n) is 7.85. The number of hydrogen-bond acceptors (Lipinski definition) is 6. The lowest BCUT2D eigenvalue weighted by atomic mass is 10.0. The zero-order valence-electron chi connectivity index (χ0n) is 27.2. The van der Waals surface area contributed by atoms with Crippen LogP contribution in [0.25, 0.3) is 0 Å². The highest BCUT2D eigenvalue weighted by Gasteiger charge is 2.35. The number of methoxy groups -OCH3 is 2. The maximum atomic E-state index is 14.6. The van der Waals surface area contributed by atoms with Gasteiger partial charge in [-0.05, 0) is 73.0 Å². The van der Waals surface area contributed by atoms with Gasteiger partial charge in [-0.15, -0.1) is 0 Å². The fraction of sp³-hybridized carbons (Fsp3) is 0.278. The van der Waals surface area contributed by atoms with Crippen LogP contribution in [0.1, 0.15) is 31.4 Å². The summed E-state index contributed by atoms with van der Waals surface area (Å²) in [5.74, 6) is -1.16. The van der Waals surface area contributed by atoms with E-state index in [1.807, 2.05) is 44.2 Å². The number of anilines is 1. The summed E-state index contributed by atoms with van der Waals surface area (Å²) in [5, 5.41) is 3.43. The third kappa shape index (κ3) is 9.05. The van der Waals surface area contributed by atoms with Gasteiger partial charge in [0.05, 0.1) is 24.8 Å². The van der Waals surface area contributed by atoms with E-state index in [1.54, 1.807) is 24.3 Å². The average Bonchev–Trinajstić information content (AvgIpc) is 3.09. The molecule has 9 nitrogen and oxygen atoms in total. The van der Waals surface area contributed by atoms with Crippen LogP contribution in [-0.2, 0) is 32.6 Å². The van der Waals surface area contributed by atoms with Crippen molar-refractivity contribution in [3.05, 3.63) is 119 Å². The van der Waals surface area contributed by atoms with E-state index in [2.05, 4.69) is 5.32 Å². The van der Waals surface area contributed by atoms with Gasteiger partial charge in [-0.1, -0.05) is 61.0 Å². The molecule has 0 aliphatic heterocycles. The predicted octanol–water partition coefficient (Wildman–Crippen LogP) is 6.25. The van der Waals surface area contributed by atoms with Crippen molar-refractivity contribution in [1.29, 1.82) is 0 Å². The van der Waals surface area contributed by atoms with E-state index in [4.69, 9.17) is 21.1 Å². The SMILES string of the molecule is CC[C@H](C)NC(=O)[C@@H](Cc1ccccc1)N(Cc1cccc(Cl)c1)C(=O)CN(c1ccc(F)cc1)S(=O)(=O)c1ccc(OC)c(OC)c1. The Morgan fingerprint density at radius 2 is 1.54 bits per heavy atom. The van der Waals surface area contributed by atoms with E-state index < -0.39 is 34.3 Å². The molecule has 0 aliphatic rings. The average molecular weight is 696 g/mol. The van der Waals surface area contributed by atoms with E-state index in [9.17, 15) is 22.4 Å². The van der Waals surface area contributed by atoms with Gasteiger partial charge in [0, 0.05) is 30.1 Å². The van der Waals surface area contributed by atoms with Crippen molar-refractivity contribution in [3.8, 4) is 11.5 Å².